The molecule has 6 heteroatoms. The molecule has 1 aromatic carbocycles. The van der Waals surface area contributed by atoms with Gasteiger partial charge in [0.05, 0.1) is 4.92 Å². The highest BCUT2D eigenvalue weighted by Crippen LogP contribution is 2.37. The first-order valence-electron chi connectivity index (χ1n) is 4.01. The van der Waals surface area contributed by atoms with Crippen molar-refractivity contribution in [2.24, 2.45) is 0 Å². The number of benzene rings is 1. The van der Waals surface area contributed by atoms with Crippen LogP contribution in [0.25, 0.3) is 0 Å². The Labute approximate surface area is 97.8 Å². The first kappa shape index (κ1) is 10.2. The summed E-state index contributed by atoms with van der Waals surface area (Å²) >= 11 is 1.30. The summed E-state index contributed by atoms with van der Waals surface area (Å²) in [5.41, 5.74) is 0.266. The van der Waals surface area contributed by atoms with E-state index in [0.29, 0.717) is 0 Å². The lowest BCUT2D eigenvalue weighted by molar-refractivity contribution is -0.495. The van der Waals surface area contributed by atoms with Gasteiger partial charge < -0.3 is 0 Å². The van der Waals surface area contributed by atoms with Crippen LogP contribution in [-0.4, -0.2) is 20.0 Å². The Hall–Kier alpha value is -1.31. The van der Waals surface area contributed by atoms with Crippen LogP contribution < -0.4 is 0 Å². The zero-order chi connectivity index (χ0) is 11.2. The second-order valence-electron chi connectivity index (χ2n) is 3.08. The van der Waals surface area contributed by atoms with Gasteiger partial charge in [-0.15, -0.1) is 0 Å². The first-order valence-corrected chi connectivity index (χ1v) is 5.09. The third kappa shape index (κ3) is 1.14. The lowest BCUT2D eigenvalue weighted by Gasteiger charge is -2.07. The van der Waals surface area contributed by atoms with E-state index < -0.39 is 20.0 Å². The molecule has 1 aliphatic carbocycles. The van der Waals surface area contributed by atoms with Crippen molar-refractivity contribution in [3.05, 3.63) is 45.5 Å². The predicted molar refractivity (Wildman–Crippen MR) is 58.8 cm³/mol. The Bertz CT molecular complexity index is 462. The fraction of sp³-hybridized carbons (Fsp3) is 0.111. The van der Waals surface area contributed by atoms with Crippen LogP contribution >= 0.6 is 22.6 Å². The van der Waals surface area contributed by atoms with E-state index in [1.165, 1.54) is 34.7 Å². The van der Waals surface area contributed by atoms with Crippen LogP contribution in [0.3, 0.4) is 0 Å². The van der Waals surface area contributed by atoms with Crippen LogP contribution in [-0.2, 0) is 0 Å². The van der Waals surface area contributed by atoms with Crippen molar-refractivity contribution in [1.82, 2.24) is 0 Å². The maximum Gasteiger partial charge on any atom is 0.391 e. The zero-order valence-electron chi connectivity index (χ0n) is 7.27. The summed E-state index contributed by atoms with van der Waals surface area (Å²) in [4.78, 5) is 33.3. The fourth-order valence-electron chi connectivity index (χ4n) is 1.50. The minimum absolute atomic E-state index is 0.133. The minimum atomic E-state index is -2.17. The molecular formula is C9H4INO4. The molecule has 1 aromatic rings. The van der Waals surface area contributed by atoms with E-state index in [1.54, 1.807) is 12.1 Å². The van der Waals surface area contributed by atoms with Crippen LogP contribution in [0, 0.1) is 10.1 Å². The van der Waals surface area contributed by atoms with Crippen molar-refractivity contribution in [3.63, 3.8) is 0 Å². The van der Waals surface area contributed by atoms with Crippen LogP contribution in [0.4, 0.5) is 0 Å². The average Bonchev–Trinajstić information content (AvgIpc) is 2.43. The molecule has 0 saturated carbocycles. The number of ketones is 2. The van der Waals surface area contributed by atoms with Gasteiger partial charge in [-0.1, -0.05) is 24.3 Å². The Morgan fingerprint density at radius 1 is 1.13 bits per heavy atom. The molecule has 76 valence electrons. The summed E-state index contributed by atoms with van der Waals surface area (Å²) in [6.45, 7) is 0. The number of rotatable bonds is 1. The molecule has 2 rings (SSSR count). The topological polar surface area (TPSA) is 77.3 Å². The molecule has 0 spiro atoms. The molecule has 0 aromatic heterocycles. The molecule has 0 saturated heterocycles. The maximum absolute atomic E-state index is 11.7. The van der Waals surface area contributed by atoms with Gasteiger partial charge in [-0.3, -0.25) is 19.7 Å². The Morgan fingerprint density at radius 3 is 1.87 bits per heavy atom. The number of fused-ring (bicyclic) bond motifs is 1. The number of alkyl halides is 1. The van der Waals surface area contributed by atoms with Gasteiger partial charge >= 0.3 is 3.55 Å². The summed E-state index contributed by atoms with van der Waals surface area (Å²) in [5, 5.41) is 10.8. The predicted octanol–water partition coefficient (Wildman–Crippen LogP) is 1.47. The molecule has 0 N–H and O–H groups in total. The van der Waals surface area contributed by atoms with Crippen LogP contribution in [0.2, 0.25) is 0 Å². The molecule has 0 radical (unpaired) electrons. The molecule has 0 unspecified atom stereocenters. The number of Topliss-reactive ketones (excluding diaryl/α,β-unsaturated/α-hetero) is 2. The van der Waals surface area contributed by atoms with Crippen molar-refractivity contribution >= 4 is 34.2 Å². The number of hydrogen-bond acceptors (Lipinski definition) is 4. The van der Waals surface area contributed by atoms with Gasteiger partial charge in [0.2, 0.25) is 0 Å². The number of carbonyl (C=O) groups excluding carboxylic acids is 2. The van der Waals surface area contributed by atoms with Crippen molar-refractivity contribution in [2.45, 2.75) is 3.55 Å². The summed E-state index contributed by atoms with van der Waals surface area (Å²) in [6, 6.07) is 6.01. The normalized spacial score (nSPS) is 17.7. The quantitative estimate of drug-likeness (QED) is 0.196. The standard InChI is InChI=1S/C9H4INO4/c10-9(11(14)15)7(12)5-3-1-2-4-6(5)8(9)13/h1-4H. The summed E-state index contributed by atoms with van der Waals surface area (Å²) in [7, 11) is 0. The zero-order valence-corrected chi connectivity index (χ0v) is 9.43. The molecule has 0 atom stereocenters. The molecular weight excluding hydrogens is 313 g/mol. The third-order valence-electron chi connectivity index (χ3n) is 2.27. The van der Waals surface area contributed by atoms with Gasteiger partial charge in [0.1, 0.15) is 0 Å². The maximum atomic E-state index is 11.7. The lowest BCUT2D eigenvalue weighted by Crippen LogP contribution is -2.42. The smallest absolute Gasteiger partial charge is 0.284 e. The average molecular weight is 317 g/mol. The molecule has 0 bridgehead atoms. The second-order valence-corrected chi connectivity index (χ2v) is 4.64. The molecule has 0 aliphatic heterocycles. The van der Waals surface area contributed by atoms with E-state index in [1.807, 2.05) is 0 Å². The van der Waals surface area contributed by atoms with E-state index in [0.717, 1.165) is 0 Å². The number of nitrogens with zero attached hydrogens (tertiary/aromatic N) is 1. The molecule has 15 heavy (non-hydrogen) atoms. The van der Waals surface area contributed by atoms with Gasteiger partial charge in [-0.2, -0.15) is 0 Å². The Kier molecular flexibility index (Phi) is 2.10. The van der Waals surface area contributed by atoms with Crippen molar-refractivity contribution < 1.29 is 14.5 Å². The Morgan fingerprint density at radius 2 is 1.53 bits per heavy atom. The highest BCUT2D eigenvalue weighted by molar-refractivity contribution is 14.1. The Balaban J connectivity index is 2.70. The van der Waals surface area contributed by atoms with Crippen molar-refractivity contribution in [1.29, 1.82) is 0 Å². The highest BCUT2D eigenvalue weighted by atomic mass is 127. The van der Waals surface area contributed by atoms with E-state index in [-0.39, 0.29) is 11.1 Å². The number of nitro groups is 1. The van der Waals surface area contributed by atoms with E-state index >= 15 is 0 Å². The summed E-state index contributed by atoms with van der Waals surface area (Å²) in [5.74, 6) is -1.48. The third-order valence-corrected chi connectivity index (χ3v) is 3.64. The fourth-order valence-corrected chi connectivity index (χ4v) is 2.09. The first-order chi connectivity index (χ1) is 6.99. The second kappa shape index (κ2) is 3.09. The van der Waals surface area contributed by atoms with Gasteiger partial charge in [0.15, 0.2) is 0 Å². The van der Waals surface area contributed by atoms with E-state index in [2.05, 4.69) is 0 Å². The number of hydrogen-bond donors (Lipinski definition) is 0. The van der Waals surface area contributed by atoms with Crippen molar-refractivity contribution in [2.75, 3.05) is 0 Å². The van der Waals surface area contributed by atoms with Crippen LogP contribution in [0.1, 0.15) is 20.7 Å². The SMILES string of the molecule is O=C1c2ccccc2C(=O)C1(I)[N+](=O)[O-]. The monoisotopic (exact) mass is 317 g/mol. The van der Waals surface area contributed by atoms with Gasteiger partial charge in [-0.05, 0) is 0 Å². The number of halogens is 1. The summed E-state index contributed by atoms with van der Waals surface area (Å²) in [6.07, 6.45) is 0. The van der Waals surface area contributed by atoms with Crippen molar-refractivity contribution in [3.8, 4) is 0 Å². The van der Waals surface area contributed by atoms with Gasteiger partial charge in [0, 0.05) is 33.7 Å². The van der Waals surface area contributed by atoms with Gasteiger partial charge in [-0.25, -0.2) is 0 Å². The number of carbonyl (C=O) groups is 2. The molecule has 0 amide bonds. The minimum Gasteiger partial charge on any atom is -0.284 e. The van der Waals surface area contributed by atoms with Crippen LogP contribution in [0.5, 0.6) is 0 Å². The largest absolute Gasteiger partial charge is 0.391 e. The van der Waals surface area contributed by atoms with E-state index in [4.69, 9.17) is 0 Å². The van der Waals surface area contributed by atoms with Gasteiger partial charge in [0.25, 0.3) is 11.6 Å². The lowest BCUT2D eigenvalue weighted by atomic mass is 10.1. The molecule has 0 fully saturated rings. The highest BCUT2D eigenvalue weighted by Gasteiger charge is 2.61. The summed E-state index contributed by atoms with van der Waals surface area (Å²) < 4.78 is -2.17. The van der Waals surface area contributed by atoms with Crippen LogP contribution in [0.15, 0.2) is 24.3 Å². The van der Waals surface area contributed by atoms with E-state index in [9.17, 15) is 19.7 Å². The molecule has 0 heterocycles. The molecule has 1 aliphatic rings. The molecule has 5 nitrogen and oxygen atoms in total.